The average molecular weight is 383 g/mol. The highest BCUT2D eigenvalue weighted by molar-refractivity contribution is 5.90. The fourth-order valence-electron chi connectivity index (χ4n) is 3.66. The summed E-state index contributed by atoms with van der Waals surface area (Å²) in [5, 5.41) is 18.7. The Balaban J connectivity index is 1.40. The summed E-state index contributed by atoms with van der Waals surface area (Å²) in [6.45, 7) is 3.83. The van der Waals surface area contributed by atoms with Crippen LogP contribution in [0.3, 0.4) is 0 Å². The Kier molecular flexibility index (Phi) is 4.89. The number of aromatic amines is 1. The molecular weight excluding hydrogens is 358 g/mol. The van der Waals surface area contributed by atoms with E-state index in [1.807, 2.05) is 37.7 Å². The van der Waals surface area contributed by atoms with Gasteiger partial charge in [-0.1, -0.05) is 0 Å². The largest absolute Gasteiger partial charge is 0.446 e. The summed E-state index contributed by atoms with van der Waals surface area (Å²) in [5.74, 6) is 1.73. The molecular formula is C19H25N7O2. The molecule has 1 aliphatic carbocycles. The van der Waals surface area contributed by atoms with Gasteiger partial charge in [-0.2, -0.15) is 10.2 Å². The zero-order valence-electron chi connectivity index (χ0n) is 16.3. The normalized spacial score (nSPS) is 19.3. The number of hydrogen-bond donors (Lipinski definition) is 3. The van der Waals surface area contributed by atoms with Gasteiger partial charge >= 0.3 is 6.09 Å². The van der Waals surface area contributed by atoms with Crippen molar-refractivity contribution in [3.63, 3.8) is 0 Å². The number of pyridine rings is 1. The molecule has 2 atom stereocenters. The van der Waals surface area contributed by atoms with E-state index in [2.05, 4.69) is 30.9 Å². The van der Waals surface area contributed by atoms with Gasteiger partial charge in [-0.3, -0.25) is 9.78 Å². The molecule has 1 amide bonds. The van der Waals surface area contributed by atoms with E-state index in [1.54, 1.807) is 12.4 Å². The molecule has 9 heteroatoms. The first-order chi connectivity index (χ1) is 13.5. The number of fused-ring (bicyclic) bond motifs is 1. The number of H-pyrrole nitrogens is 1. The van der Waals surface area contributed by atoms with Crippen LogP contribution in [0.1, 0.15) is 44.7 Å². The van der Waals surface area contributed by atoms with Crippen molar-refractivity contribution < 1.29 is 9.53 Å². The molecule has 1 aliphatic rings. The molecule has 4 rings (SSSR count). The van der Waals surface area contributed by atoms with Crippen LogP contribution in [0.2, 0.25) is 0 Å². The molecule has 0 saturated heterocycles. The lowest BCUT2D eigenvalue weighted by molar-refractivity contribution is 0.0981. The predicted octanol–water partition coefficient (Wildman–Crippen LogP) is 3.21. The number of nitrogens with zero attached hydrogens (tertiary/aromatic N) is 4. The van der Waals surface area contributed by atoms with E-state index in [0.717, 1.165) is 41.7 Å². The van der Waals surface area contributed by atoms with Gasteiger partial charge in [0.2, 0.25) is 0 Å². The summed E-state index contributed by atoms with van der Waals surface area (Å²) in [6.07, 6.45) is 5.74. The fourth-order valence-corrected chi connectivity index (χ4v) is 3.66. The Bertz CT molecular complexity index is 978. The third kappa shape index (κ3) is 3.78. The zero-order chi connectivity index (χ0) is 19.7. The molecule has 0 bridgehead atoms. The average Bonchev–Trinajstić information content (AvgIpc) is 3.36. The maximum absolute atomic E-state index is 11.8. The van der Waals surface area contributed by atoms with Crippen molar-refractivity contribution in [1.29, 1.82) is 0 Å². The highest BCUT2D eigenvalue weighted by Gasteiger charge is 2.30. The lowest BCUT2D eigenvalue weighted by Crippen LogP contribution is -2.33. The van der Waals surface area contributed by atoms with Crippen molar-refractivity contribution in [2.45, 2.75) is 51.2 Å². The maximum atomic E-state index is 11.8. The van der Waals surface area contributed by atoms with Crippen LogP contribution in [0.4, 0.5) is 16.4 Å². The molecule has 3 aromatic heterocycles. The van der Waals surface area contributed by atoms with Crippen molar-refractivity contribution in [2.75, 3.05) is 5.32 Å². The third-order valence-corrected chi connectivity index (χ3v) is 5.02. The number of carbonyl (C=O) groups is 1. The van der Waals surface area contributed by atoms with Crippen LogP contribution in [0, 0.1) is 0 Å². The second-order valence-electron chi connectivity index (χ2n) is 7.53. The van der Waals surface area contributed by atoms with Gasteiger partial charge in [0.1, 0.15) is 11.9 Å². The first-order valence-electron chi connectivity index (χ1n) is 9.56. The minimum Gasteiger partial charge on any atom is -0.446 e. The number of alkyl carbamates (subject to hydrolysis) is 1. The van der Waals surface area contributed by atoms with Crippen LogP contribution in [-0.2, 0) is 11.8 Å². The number of nitrogens with one attached hydrogen (secondary N) is 3. The molecule has 9 nitrogen and oxygen atoms in total. The first kappa shape index (κ1) is 18.3. The van der Waals surface area contributed by atoms with E-state index >= 15 is 0 Å². The van der Waals surface area contributed by atoms with Crippen LogP contribution in [0.15, 0.2) is 24.5 Å². The van der Waals surface area contributed by atoms with E-state index in [-0.39, 0.29) is 18.2 Å². The summed E-state index contributed by atoms with van der Waals surface area (Å²) >= 11 is 0. The van der Waals surface area contributed by atoms with Gasteiger partial charge in [0.25, 0.3) is 0 Å². The number of amides is 1. The molecule has 3 aromatic rings. The molecule has 3 heterocycles. The number of aryl methyl sites for hydroxylation is 1. The predicted molar refractivity (Wildman–Crippen MR) is 106 cm³/mol. The lowest BCUT2D eigenvalue weighted by Gasteiger charge is -2.14. The fraction of sp³-hybridized carbons (Fsp3) is 0.474. The highest BCUT2D eigenvalue weighted by Crippen LogP contribution is 2.36. The van der Waals surface area contributed by atoms with Crippen molar-refractivity contribution in [3.05, 3.63) is 30.2 Å². The van der Waals surface area contributed by atoms with E-state index in [4.69, 9.17) is 4.74 Å². The van der Waals surface area contributed by atoms with Gasteiger partial charge in [-0.25, -0.2) is 9.78 Å². The van der Waals surface area contributed by atoms with Gasteiger partial charge in [-0.05, 0) is 39.2 Å². The van der Waals surface area contributed by atoms with E-state index in [9.17, 15) is 4.79 Å². The number of ether oxygens (including phenoxy) is 1. The number of rotatable bonds is 5. The van der Waals surface area contributed by atoms with Gasteiger partial charge < -0.3 is 15.4 Å². The topological polar surface area (TPSA) is 110 Å². The lowest BCUT2D eigenvalue weighted by atomic mass is 10.0. The summed E-state index contributed by atoms with van der Waals surface area (Å²) in [6, 6.07) is 4.00. The number of aromatic nitrogens is 5. The zero-order valence-corrected chi connectivity index (χ0v) is 16.3. The summed E-state index contributed by atoms with van der Waals surface area (Å²) < 4.78 is 7.32. The Labute approximate surface area is 162 Å². The van der Waals surface area contributed by atoms with Gasteiger partial charge in [0.05, 0.1) is 17.1 Å². The molecule has 3 N–H and O–H groups in total. The highest BCUT2D eigenvalue weighted by atomic mass is 16.6. The second kappa shape index (κ2) is 7.49. The number of anilines is 2. The molecule has 0 aromatic carbocycles. The van der Waals surface area contributed by atoms with Gasteiger partial charge in [0, 0.05) is 37.0 Å². The van der Waals surface area contributed by atoms with Gasteiger partial charge in [0.15, 0.2) is 5.82 Å². The molecule has 28 heavy (non-hydrogen) atoms. The smallest absolute Gasteiger partial charge is 0.407 e. The van der Waals surface area contributed by atoms with Crippen molar-refractivity contribution in [3.8, 4) is 0 Å². The molecule has 0 aliphatic heterocycles. The minimum absolute atomic E-state index is 0.0609. The number of hydrogen-bond acceptors (Lipinski definition) is 6. The van der Waals surface area contributed by atoms with Crippen LogP contribution < -0.4 is 10.6 Å². The van der Waals surface area contributed by atoms with Crippen molar-refractivity contribution in [1.82, 2.24) is 30.3 Å². The van der Waals surface area contributed by atoms with Crippen LogP contribution in [0.5, 0.6) is 0 Å². The van der Waals surface area contributed by atoms with Gasteiger partial charge in [-0.15, -0.1) is 0 Å². The quantitative estimate of drug-likeness (QED) is 0.624. The standard InChI is InChI=1S/C19H25N7O2/c1-11(2)22-19(27)28-13-5-4-12(8-13)15-9-17(25-24-15)23-18-14-10-21-26(3)16(14)6-7-20-18/h6-7,9-13H,4-5,8H2,1-3H3,(H,22,27)(H2,20,23,24,25)/t12-,13+/m1/s1. The summed E-state index contributed by atoms with van der Waals surface area (Å²) in [7, 11) is 1.90. The Morgan fingerprint density at radius 2 is 2.25 bits per heavy atom. The molecule has 0 unspecified atom stereocenters. The molecule has 0 spiro atoms. The van der Waals surface area contributed by atoms with Crippen molar-refractivity contribution in [2.24, 2.45) is 7.05 Å². The van der Waals surface area contributed by atoms with Crippen LogP contribution in [-0.4, -0.2) is 43.2 Å². The van der Waals surface area contributed by atoms with E-state index in [0.29, 0.717) is 11.7 Å². The number of carbonyl (C=O) groups excluding carboxylic acids is 1. The molecule has 0 radical (unpaired) electrons. The van der Waals surface area contributed by atoms with Crippen molar-refractivity contribution >= 4 is 28.6 Å². The molecule has 148 valence electrons. The maximum Gasteiger partial charge on any atom is 0.407 e. The molecule has 1 saturated carbocycles. The van der Waals surface area contributed by atoms with E-state index < -0.39 is 0 Å². The first-order valence-corrected chi connectivity index (χ1v) is 9.56. The monoisotopic (exact) mass is 383 g/mol. The minimum atomic E-state index is -0.344. The Morgan fingerprint density at radius 3 is 3.07 bits per heavy atom. The van der Waals surface area contributed by atoms with E-state index in [1.165, 1.54) is 0 Å². The van der Waals surface area contributed by atoms with Crippen LogP contribution >= 0.6 is 0 Å². The Morgan fingerprint density at radius 1 is 1.39 bits per heavy atom. The Hall–Kier alpha value is -3.10. The summed E-state index contributed by atoms with van der Waals surface area (Å²) in [5.41, 5.74) is 2.04. The third-order valence-electron chi connectivity index (χ3n) is 5.02. The van der Waals surface area contributed by atoms with Crippen LogP contribution in [0.25, 0.3) is 10.9 Å². The molecule has 1 fully saturated rings. The SMILES string of the molecule is CC(C)NC(=O)O[C@H]1CC[C@@H](c2cc(Nc3nccc4c3cnn4C)n[nH]2)C1. The second-order valence-corrected chi connectivity index (χ2v) is 7.53. The summed E-state index contributed by atoms with van der Waals surface area (Å²) in [4.78, 5) is 16.2.